The van der Waals surface area contributed by atoms with Gasteiger partial charge in [-0.3, -0.25) is 4.90 Å². The lowest BCUT2D eigenvalue weighted by atomic mass is 9.98. The van der Waals surface area contributed by atoms with Crippen LogP contribution < -0.4 is 10.6 Å². The Hall–Kier alpha value is -1.11. The highest BCUT2D eigenvalue weighted by atomic mass is 32.1. The van der Waals surface area contributed by atoms with Crippen molar-refractivity contribution < 1.29 is 9.90 Å². The minimum atomic E-state index is -0.170. The van der Waals surface area contributed by atoms with Gasteiger partial charge >= 0.3 is 6.03 Å². The zero-order valence-corrected chi connectivity index (χ0v) is 14.1. The first-order chi connectivity index (χ1) is 10.7. The lowest BCUT2D eigenvalue weighted by Crippen LogP contribution is -2.47. The standard InChI is InChI=1S/C16H27N3O2S/c1-2-14(12-20)18-16(21)17-9-13-5-3-7-19(10-13)11-15-6-4-8-22-15/h4,6,8,13-14,20H,2-3,5,7,9-12H2,1H3,(H2,17,18,21). The number of hydrogen-bond acceptors (Lipinski definition) is 4. The van der Waals surface area contributed by atoms with Gasteiger partial charge in [0.2, 0.25) is 0 Å². The largest absolute Gasteiger partial charge is 0.394 e. The third-order valence-corrected chi connectivity index (χ3v) is 5.02. The van der Waals surface area contributed by atoms with Gasteiger partial charge in [0.1, 0.15) is 0 Å². The molecule has 1 aromatic heterocycles. The average molecular weight is 325 g/mol. The Morgan fingerprint density at radius 3 is 3.14 bits per heavy atom. The van der Waals surface area contributed by atoms with Gasteiger partial charge < -0.3 is 15.7 Å². The van der Waals surface area contributed by atoms with Gasteiger partial charge in [0.15, 0.2) is 0 Å². The summed E-state index contributed by atoms with van der Waals surface area (Å²) < 4.78 is 0. The van der Waals surface area contributed by atoms with Crippen LogP contribution in [-0.2, 0) is 6.54 Å². The van der Waals surface area contributed by atoms with Crippen molar-refractivity contribution in [2.45, 2.75) is 38.8 Å². The number of nitrogens with one attached hydrogen (secondary N) is 2. The number of urea groups is 1. The monoisotopic (exact) mass is 325 g/mol. The molecule has 5 nitrogen and oxygen atoms in total. The molecule has 2 heterocycles. The molecule has 0 aromatic carbocycles. The number of nitrogens with zero attached hydrogens (tertiary/aromatic N) is 1. The number of likely N-dealkylation sites (tertiary alicyclic amines) is 1. The minimum absolute atomic E-state index is 0.0120. The highest BCUT2D eigenvalue weighted by Crippen LogP contribution is 2.19. The number of hydrogen-bond donors (Lipinski definition) is 3. The van der Waals surface area contributed by atoms with Crippen molar-refractivity contribution in [2.24, 2.45) is 5.92 Å². The van der Waals surface area contributed by atoms with Crippen LogP contribution in [-0.4, -0.2) is 48.3 Å². The maximum atomic E-state index is 11.8. The van der Waals surface area contributed by atoms with Crippen LogP contribution in [0.5, 0.6) is 0 Å². The Kier molecular flexibility index (Phi) is 7.15. The summed E-state index contributed by atoms with van der Waals surface area (Å²) in [7, 11) is 0. The van der Waals surface area contributed by atoms with Crippen LogP contribution in [0.25, 0.3) is 0 Å². The molecule has 2 rings (SSSR count). The molecule has 1 fully saturated rings. The summed E-state index contributed by atoms with van der Waals surface area (Å²) in [5, 5.41) is 17.0. The molecule has 0 aliphatic carbocycles. The number of rotatable bonds is 7. The summed E-state index contributed by atoms with van der Waals surface area (Å²) in [6, 6.07) is 3.95. The lowest BCUT2D eigenvalue weighted by molar-refractivity contribution is 0.165. The van der Waals surface area contributed by atoms with E-state index in [0.29, 0.717) is 12.5 Å². The summed E-state index contributed by atoms with van der Waals surface area (Å²) in [5.41, 5.74) is 0. The average Bonchev–Trinajstić information content (AvgIpc) is 3.04. The fourth-order valence-corrected chi connectivity index (χ4v) is 3.58. The molecule has 3 N–H and O–H groups in total. The summed E-state index contributed by atoms with van der Waals surface area (Å²) in [6.45, 7) is 5.84. The second kappa shape index (κ2) is 9.12. The first-order valence-electron chi connectivity index (χ1n) is 8.11. The van der Waals surface area contributed by atoms with Crippen molar-refractivity contribution in [1.29, 1.82) is 0 Å². The van der Waals surface area contributed by atoms with E-state index < -0.39 is 0 Å². The number of thiophene rings is 1. The summed E-state index contributed by atoms with van der Waals surface area (Å²) in [6.07, 6.45) is 3.09. The van der Waals surface area contributed by atoms with E-state index in [2.05, 4.69) is 33.0 Å². The maximum absolute atomic E-state index is 11.8. The molecule has 0 spiro atoms. The zero-order valence-electron chi connectivity index (χ0n) is 13.3. The SMILES string of the molecule is CCC(CO)NC(=O)NCC1CCCN(Cc2cccs2)C1. The molecule has 22 heavy (non-hydrogen) atoms. The zero-order chi connectivity index (χ0) is 15.8. The molecule has 2 amide bonds. The van der Waals surface area contributed by atoms with Crippen molar-refractivity contribution in [2.75, 3.05) is 26.2 Å². The Morgan fingerprint density at radius 2 is 2.45 bits per heavy atom. The van der Waals surface area contributed by atoms with Gasteiger partial charge in [0, 0.05) is 24.5 Å². The van der Waals surface area contributed by atoms with Gasteiger partial charge in [-0.05, 0) is 43.2 Å². The van der Waals surface area contributed by atoms with E-state index in [4.69, 9.17) is 5.11 Å². The van der Waals surface area contributed by atoms with Crippen molar-refractivity contribution in [3.05, 3.63) is 22.4 Å². The van der Waals surface area contributed by atoms with E-state index in [1.807, 2.05) is 6.92 Å². The van der Waals surface area contributed by atoms with Crippen LogP contribution >= 0.6 is 11.3 Å². The molecule has 124 valence electrons. The number of amides is 2. The Bertz CT molecular complexity index is 435. The van der Waals surface area contributed by atoms with E-state index in [9.17, 15) is 4.79 Å². The Morgan fingerprint density at radius 1 is 1.59 bits per heavy atom. The number of piperidine rings is 1. The summed E-state index contributed by atoms with van der Waals surface area (Å²) in [5.74, 6) is 0.508. The smallest absolute Gasteiger partial charge is 0.315 e. The van der Waals surface area contributed by atoms with E-state index in [1.54, 1.807) is 11.3 Å². The third kappa shape index (κ3) is 5.59. The van der Waals surface area contributed by atoms with Crippen LogP contribution in [0.3, 0.4) is 0 Å². The summed E-state index contributed by atoms with van der Waals surface area (Å²) >= 11 is 1.80. The first-order valence-corrected chi connectivity index (χ1v) is 8.99. The van der Waals surface area contributed by atoms with E-state index in [1.165, 1.54) is 17.7 Å². The predicted molar refractivity (Wildman–Crippen MR) is 90.0 cm³/mol. The highest BCUT2D eigenvalue weighted by Gasteiger charge is 2.21. The molecule has 2 atom stereocenters. The van der Waals surface area contributed by atoms with E-state index >= 15 is 0 Å². The first kappa shape index (κ1) is 17.2. The van der Waals surface area contributed by atoms with Crippen LogP contribution in [0, 0.1) is 5.92 Å². The van der Waals surface area contributed by atoms with Gasteiger partial charge in [-0.15, -0.1) is 11.3 Å². The predicted octanol–water partition coefficient (Wildman–Crippen LogP) is 2.03. The topological polar surface area (TPSA) is 64.6 Å². The Labute approximate surface area is 136 Å². The van der Waals surface area contributed by atoms with Crippen molar-refractivity contribution in [3.8, 4) is 0 Å². The van der Waals surface area contributed by atoms with Gasteiger partial charge in [0.05, 0.1) is 12.6 Å². The number of aliphatic hydroxyl groups is 1. The molecule has 6 heteroatoms. The van der Waals surface area contributed by atoms with Gasteiger partial charge in [-0.2, -0.15) is 0 Å². The fourth-order valence-electron chi connectivity index (χ4n) is 2.83. The number of carbonyl (C=O) groups excluding carboxylic acids is 1. The maximum Gasteiger partial charge on any atom is 0.315 e. The van der Waals surface area contributed by atoms with Gasteiger partial charge in [-0.25, -0.2) is 4.79 Å². The molecule has 1 aliphatic heterocycles. The normalized spacial score (nSPS) is 20.5. The molecule has 2 unspecified atom stereocenters. The quantitative estimate of drug-likeness (QED) is 0.719. The van der Waals surface area contributed by atoms with Crippen molar-refractivity contribution in [1.82, 2.24) is 15.5 Å². The van der Waals surface area contributed by atoms with E-state index in [0.717, 1.165) is 26.1 Å². The minimum Gasteiger partial charge on any atom is -0.394 e. The lowest BCUT2D eigenvalue weighted by Gasteiger charge is -2.32. The number of aliphatic hydroxyl groups excluding tert-OH is 1. The second-order valence-electron chi connectivity index (χ2n) is 5.96. The fraction of sp³-hybridized carbons (Fsp3) is 0.688. The second-order valence-corrected chi connectivity index (χ2v) is 7.00. The molecule has 0 bridgehead atoms. The number of carbonyl (C=O) groups is 1. The third-order valence-electron chi connectivity index (χ3n) is 4.16. The van der Waals surface area contributed by atoms with E-state index in [-0.39, 0.29) is 18.7 Å². The van der Waals surface area contributed by atoms with Crippen molar-refractivity contribution >= 4 is 17.4 Å². The van der Waals surface area contributed by atoms with Gasteiger partial charge in [-0.1, -0.05) is 13.0 Å². The molecular formula is C16H27N3O2S. The van der Waals surface area contributed by atoms with Crippen LogP contribution in [0.4, 0.5) is 4.79 Å². The van der Waals surface area contributed by atoms with Crippen LogP contribution in [0.2, 0.25) is 0 Å². The van der Waals surface area contributed by atoms with Gasteiger partial charge in [0.25, 0.3) is 0 Å². The van der Waals surface area contributed by atoms with Crippen molar-refractivity contribution in [3.63, 3.8) is 0 Å². The Balaban J connectivity index is 1.70. The molecule has 1 saturated heterocycles. The molecule has 1 aliphatic rings. The highest BCUT2D eigenvalue weighted by molar-refractivity contribution is 7.09. The molecule has 1 aromatic rings. The molecule has 0 saturated carbocycles. The van der Waals surface area contributed by atoms with Crippen LogP contribution in [0.15, 0.2) is 17.5 Å². The summed E-state index contributed by atoms with van der Waals surface area (Å²) in [4.78, 5) is 15.7. The van der Waals surface area contributed by atoms with Crippen LogP contribution in [0.1, 0.15) is 31.1 Å². The molecular weight excluding hydrogens is 298 g/mol. The molecule has 0 radical (unpaired) electrons.